The lowest BCUT2D eigenvalue weighted by atomic mass is 10.2. The van der Waals surface area contributed by atoms with Crippen LogP contribution in [0.15, 0.2) is 29.3 Å². The molecule has 0 saturated carbocycles. The minimum absolute atomic E-state index is 0.0427. The van der Waals surface area contributed by atoms with Crippen molar-refractivity contribution in [2.45, 2.75) is 6.04 Å². The number of aliphatic imine (C=N–C) groups is 1. The highest BCUT2D eigenvalue weighted by Gasteiger charge is 2.27. The number of aliphatic carboxylic acids is 1. The summed E-state index contributed by atoms with van der Waals surface area (Å²) in [6.07, 6.45) is 0. The number of rotatable bonds is 2. The summed E-state index contributed by atoms with van der Waals surface area (Å²) in [4.78, 5) is 14.4. The first-order valence-corrected chi connectivity index (χ1v) is 4.37. The van der Waals surface area contributed by atoms with E-state index < -0.39 is 17.8 Å². The van der Waals surface area contributed by atoms with Crippen LogP contribution in [-0.4, -0.2) is 29.6 Å². The normalized spacial score (nSPS) is 19.5. The van der Waals surface area contributed by atoms with E-state index in [0.717, 1.165) is 0 Å². The topological polar surface area (TPSA) is 58.9 Å². The van der Waals surface area contributed by atoms with E-state index in [0.29, 0.717) is 0 Å². The Bertz CT molecular complexity index is 430. The number of carboxylic acids is 1. The van der Waals surface area contributed by atoms with Gasteiger partial charge in [0.05, 0.1) is 5.56 Å². The molecule has 15 heavy (non-hydrogen) atoms. The molecule has 0 saturated heterocycles. The summed E-state index contributed by atoms with van der Waals surface area (Å²) in [7, 11) is 0. The van der Waals surface area contributed by atoms with Crippen molar-refractivity contribution in [3.8, 4) is 0 Å². The molecule has 1 aromatic carbocycles. The fraction of sp³-hybridized carbons (Fsp3) is 0.200. The van der Waals surface area contributed by atoms with E-state index in [9.17, 15) is 9.18 Å². The number of hydrogen-bond donors (Lipinski definition) is 1. The van der Waals surface area contributed by atoms with Crippen molar-refractivity contribution in [1.29, 1.82) is 0 Å². The number of halogens is 1. The van der Waals surface area contributed by atoms with Gasteiger partial charge in [0, 0.05) is 0 Å². The van der Waals surface area contributed by atoms with Crippen molar-refractivity contribution in [2.24, 2.45) is 4.99 Å². The highest BCUT2D eigenvalue weighted by atomic mass is 19.1. The van der Waals surface area contributed by atoms with Crippen molar-refractivity contribution in [2.75, 3.05) is 6.61 Å². The molecule has 2 rings (SSSR count). The number of carboxylic acid groups (broad SMARTS) is 1. The van der Waals surface area contributed by atoms with E-state index in [1.54, 1.807) is 12.1 Å². The highest BCUT2D eigenvalue weighted by Crippen LogP contribution is 2.14. The van der Waals surface area contributed by atoms with Crippen LogP contribution in [0.1, 0.15) is 5.56 Å². The van der Waals surface area contributed by atoms with Crippen LogP contribution in [-0.2, 0) is 9.53 Å². The molecule has 1 atom stereocenters. The average Bonchev–Trinajstić information content (AvgIpc) is 2.67. The number of nitrogens with zero attached hydrogens (tertiary/aromatic N) is 1. The molecule has 5 heteroatoms. The Morgan fingerprint density at radius 2 is 2.27 bits per heavy atom. The molecule has 1 aliphatic rings. The van der Waals surface area contributed by atoms with E-state index in [-0.39, 0.29) is 18.1 Å². The molecule has 0 aliphatic carbocycles. The lowest BCUT2D eigenvalue weighted by Gasteiger charge is -2.01. The zero-order chi connectivity index (χ0) is 10.8. The second kappa shape index (κ2) is 3.68. The summed E-state index contributed by atoms with van der Waals surface area (Å²) in [5.74, 6) is -1.48. The zero-order valence-electron chi connectivity index (χ0n) is 7.68. The molecule has 78 valence electrons. The summed E-state index contributed by atoms with van der Waals surface area (Å²) >= 11 is 0. The Balaban J connectivity index is 2.30. The smallest absolute Gasteiger partial charge is 0.332 e. The lowest BCUT2D eigenvalue weighted by molar-refractivity contribution is -0.138. The summed E-state index contributed by atoms with van der Waals surface area (Å²) in [5, 5.41) is 8.67. The summed E-state index contributed by atoms with van der Waals surface area (Å²) < 4.78 is 18.3. The maximum absolute atomic E-state index is 13.3. The molecule has 0 amide bonds. The molecule has 0 radical (unpaired) electrons. The van der Waals surface area contributed by atoms with E-state index >= 15 is 0 Å². The minimum Gasteiger partial charge on any atom is -0.480 e. The standard InChI is InChI=1S/C10H8FNO3/c11-7-4-2-1-3-6(7)9-12-8(5-15-9)10(13)14/h1-4,8H,5H2,(H,13,14). The number of carbonyl (C=O) groups is 1. The molecule has 1 unspecified atom stereocenters. The summed E-state index contributed by atoms with van der Waals surface area (Å²) in [6.45, 7) is -0.0427. The number of hydrogen-bond acceptors (Lipinski definition) is 3. The SMILES string of the molecule is O=C(O)C1COC(c2ccccc2F)=N1. The Morgan fingerprint density at radius 1 is 1.53 bits per heavy atom. The first-order valence-electron chi connectivity index (χ1n) is 4.37. The molecule has 4 nitrogen and oxygen atoms in total. The van der Waals surface area contributed by atoms with Crippen molar-refractivity contribution in [1.82, 2.24) is 0 Å². The van der Waals surface area contributed by atoms with Crippen LogP contribution in [0.4, 0.5) is 4.39 Å². The van der Waals surface area contributed by atoms with E-state index in [1.165, 1.54) is 12.1 Å². The van der Waals surface area contributed by atoms with Gasteiger partial charge in [0.1, 0.15) is 12.4 Å². The van der Waals surface area contributed by atoms with Crippen LogP contribution >= 0.6 is 0 Å². The van der Waals surface area contributed by atoms with Crippen molar-refractivity contribution in [3.63, 3.8) is 0 Å². The number of ether oxygens (including phenoxy) is 1. The maximum atomic E-state index is 13.3. The van der Waals surface area contributed by atoms with Crippen molar-refractivity contribution >= 4 is 11.9 Å². The first-order chi connectivity index (χ1) is 7.18. The van der Waals surface area contributed by atoms with E-state index in [2.05, 4.69) is 4.99 Å². The van der Waals surface area contributed by atoms with Gasteiger partial charge < -0.3 is 9.84 Å². The fourth-order valence-electron chi connectivity index (χ4n) is 1.28. The lowest BCUT2D eigenvalue weighted by Crippen LogP contribution is -2.18. The van der Waals surface area contributed by atoms with Crippen LogP contribution in [0.3, 0.4) is 0 Å². The third kappa shape index (κ3) is 1.81. The Labute approximate surface area is 85.0 Å². The summed E-state index contributed by atoms with van der Waals surface area (Å²) in [5.41, 5.74) is 0.196. The molecular weight excluding hydrogens is 201 g/mol. The van der Waals surface area contributed by atoms with E-state index in [1.807, 2.05) is 0 Å². The molecule has 0 fully saturated rings. The van der Waals surface area contributed by atoms with Crippen LogP contribution in [0.5, 0.6) is 0 Å². The van der Waals surface area contributed by atoms with Crippen LogP contribution < -0.4 is 0 Å². The zero-order valence-corrected chi connectivity index (χ0v) is 7.68. The van der Waals surface area contributed by atoms with Gasteiger partial charge >= 0.3 is 5.97 Å². The molecule has 1 aromatic rings. The van der Waals surface area contributed by atoms with Crippen LogP contribution in [0.2, 0.25) is 0 Å². The highest BCUT2D eigenvalue weighted by molar-refractivity contribution is 5.97. The van der Waals surface area contributed by atoms with Crippen LogP contribution in [0.25, 0.3) is 0 Å². The molecule has 1 aliphatic heterocycles. The third-order valence-electron chi connectivity index (χ3n) is 2.04. The van der Waals surface area contributed by atoms with Gasteiger partial charge in [-0.05, 0) is 12.1 Å². The van der Waals surface area contributed by atoms with Gasteiger partial charge in [-0.2, -0.15) is 0 Å². The molecular formula is C10H8FNO3. The Kier molecular flexibility index (Phi) is 2.37. The Morgan fingerprint density at radius 3 is 2.87 bits per heavy atom. The molecule has 0 bridgehead atoms. The van der Waals surface area contributed by atoms with E-state index in [4.69, 9.17) is 9.84 Å². The quantitative estimate of drug-likeness (QED) is 0.792. The van der Waals surface area contributed by atoms with Gasteiger partial charge in [-0.1, -0.05) is 12.1 Å². The largest absolute Gasteiger partial charge is 0.480 e. The second-order valence-corrected chi connectivity index (χ2v) is 3.08. The predicted octanol–water partition coefficient (Wildman–Crippen LogP) is 1.06. The molecule has 0 spiro atoms. The van der Waals surface area contributed by atoms with Crippen molar-refractivity contribution in [3.05, 3.63) is 35.6 Å². The minimum atomic E-state index is -1.07. The fourth-order valence-corrected chi connectivity index (χ4v) is 1.28. The van der Waals surface area contributed by atoms with Crippen LogP contribution in [0, 0.1) is 5.82 Å². The Hall–Kier alpha value is -1.91. The third-order valence-corrected chi connectivity index (χ3v) is 2.04. The van der Waals surface area contributed by atoms with Gasteiger partial charge in [-0.3, -0.25) is 0 Å². The monoisotopic (exact) mass is 209 g/mol. The molecule has 1 N–H and O–H groups in total. The van der Waals surface area contributed by atoms with Crippen molar-refractivity contribution < 1.29 is 19.0 Å². The van der Waals surface area contributed by atoms with Gasteiger partial charge in [-0.15, -0.1) is 0 Å². The molecule has 1 heterocycles. The van der Waals surface area contributed by atoms with Gasteiger partial charge in [0.15, 0.2) is 6.04 Å². The number of benzene rings is 1. The van der Waals surface area contributed by atoms with Gasteiger partial charge in [0.2, 0.25) is 5.90 Å². The summed E-state index contributed by atoms with van der Waals surface area (Å²) in [6, 6.07) is 5.02. The second-order valence-electron chi connectivity index (χ2n) is 3.08. The predicted molar refractivity (Wildman–Crippen MR) is 50.3 cm³/mol. The maximum Gasteiger partial charge on any atom is 0.332 e. The van der Waals surface area contributed by atoms with Gasteiger partial charge in [0.25, 0.3) is 0 Å². The first kappa shape index (κ1) is 9.64. The van der Waals surface area contributed by atoms with Gasteiger partial charge in [-0.25, -0.2) is 14.2 Å². The average molecular weight is 209 g/mol. The molecule has 0 aromatic heterocycles.